The largest absolute Gasteiger partial charge is 0.383 e. The molecule has 1 aromatic heterocycles. The van der Waals surface area contributed by atoms with E-state index in [0.29, 0.717) is 6.54 Å². The van der Waals surface area contributed by atoms with Crippen LogP contribution in [0.2, 0.25) is 0 Å². The number of fused-ring (bicyclic) bond motifs is 1. The van der Waals surface area contributed by atoms with E-state index in [1.54, 1.807) is 0 Å². The van der Waals surface area contributed by atoms with Crippen LogP contribution in [0.15, 0.2) is 34.9 Å². The van der Waals surface area contributed by atoms with Crippen molar-refractivity contribution >= 4 is 32.5 Å². The Morgan fingerprint density at radius 3 is 3.06 bits per heavy atom. The fourth-order valence-corrected chi connectivity index (χ4v) is 1.95. The van der Waals surface area contributed by atoms with E-state index in [0.717, 1.165) is 34.0 Å². The van der Waals surface area contributed by atoms with Crippen molar-refractivity contribution in [1.29, 1.82) is 0 Å². The summed E-state index contributed by atoms with van der Waals surface area (Å²) < 4.78 is 0.999. The van der Waals surface area contributed by atoms with Gasteiger partial charge in [0.1, 0.15) is 0 Å². The fraction of sp³-hybridized carbons (Fsp3) is 0.250. The first kappa shape index (κ1) is 11.4. The van der Waals surface area contributed by atoms with Crippen LogP contribution in [0, 0.1) is 0 Å². The monoisotopic (exact) mass is 279 g/mol. The summed E-state index contributed by atoms with van der Waals surface area (Å²) >= 11 is 3.42. The minimum absolute atomic E-state index is 0.705. The molecule has 1 aromatic carbocycles. The van der Waals surface area contributed by atoms with Gasteiger partial charge in [-0.2, -0.15) is 0 Å². The predicted molar refractivity (Wildman–Crippen MR) is 71.6 cm³/mol. The van der Waals surface area contributed by atoms with Gasteiger partial charge in [0, 0.05) is 22.6 Å². The molecule has 0 aliphatic rings. The Kier molecular flexibility index (Phi) is 3.74. The SMILES string of the molecule is NCCCNc1cccc2cc(Br)cnc12. The number of halogens is 1. The highest BCUT2D eigenvalue weighted by molar-refractivity contribution is 9.10. The molecule has 16 heavy (non-hydrogen) atoms. The summed E-state index contributed by atoms with van der Waals surface area (Å²) in [7, 11) is 0. The van der Waals surface area contributed by atoms with Crippen molar-refractivity contribution in [3.05, 3.63) is 34.9 Å². The number of nitrogens with one attached hydrogen (secondary N) is 1. The lowest BCUT2D eigenvalue weighted by molar-refractivity contribution is 0.875. The van der Waals surface area contributed by atoms with Gasteiger partial charge in [-0.25, -0.2) is 0 Å². The van der Waals surface area contributed by atoms with Crippen molar-refractivity contribution in [3.63, 3.8) is 0 Å². The smallest absolute Gasteiger partial charge is 0.0934 e. The standard InChI is InChI=1S/C12H14BrN3/c13-10-7-9-3-1-4-11(12(9)16-8-10)15-6-2-5-14/h1,3-4,7-8,15H,2,5-6,14H2. The second-order valence-electron chi connectivity index (χ2n) is 3.60. The van der Waals surface area contributed by atoms with Crippen LogP contribution in [0.25, 0.3) is 10.9 Å². The summed E-state index contributed by atoms with van der Waals surface area (Å²) in [6.45, 7) is 1.59. The van der Waals surface area contributed by atoms with Gasteiger partial charge in [-0.1, -0.05) is 12.1 Å². The third kappa shape index (κ3) is 2.51. The van der Waals surface area contributed by atoms with Crippen LogP contribution in [0.4, 0.5) is 5.69 Å². The molecule has 2 aromatic rings. The zero-order chi connectivity index (χ0) is 11.4. The average Bonchev–Trinajstić information content (AvgIpc) is 2.29. The Hall–Kier alpha value is -1.13. The number of nitrogens with two attached hydrogens (primary N) is 1. The summed E-state index contributed by atoms with van der Waals surface area (Å²) in [5.41, 5.74) is 7.53. The molecule has 0 saturated heterocycles. The Labute approximate surface area is 103 Å². The maximum absolute atomic E-state index is 5.46. The van der Waals surface area contributed by atoms with Crippen molar-refractivity contribution in [1.82, 2.24) is 4.98 Å². The van der Waals surface area contributed by atoms with Gasteiger partial charge in [0.05, 0.1) is 11.2 Å². The maximum Gasteiger partial charge on any atom is 0.0934 e. The van der Waals surface area contributed by atoms with Crippen LogP contribution >= 0.6 is 15.9 Å². The third-order valence-electron chi connectivity index (χ3n) is 2.37. The van der Waals surface area contributed by atoms with Gasteiger partial charge in [0.15, 0.2) is 0 Å². The van der Waals surface area contributed by atoms with Crippen LogP contribution in [0.1, 0.15) is 6.42 Å². The molecule has 0 unspecified atom stereocenters. The number of aromatic nitrogens is 1. The molecule has 1 heterocycles. The Morgan fingerprint density at radius 1 is 1.38 bits per heavy atom. The molecular formula is C12H14BrN3. The van der Waals surface area contributed by atoms with Gasteiger partial charge in [-0.3, -0.25) is 4.98 Å². The molecule has 0 fully saturated rings. The number of rotatable bonds is 4. The maximum atomic E-state index is 5.46. The van der Waals surface area contributed by atoms with Crippen molar-refractivity contribution in [2.45, 2.75) is 6.42 Å². The van der Waals surface area contributed by atoms with E-state index in [1.807, 2.05) is 18.3 Å². The highest BCUT2D eigenvalue weighted by Gasteiger charge is 2.01. The van der Waals surface area contributed by atoms with Crippen LogP contribution in [-0.2, 0) is 0 Å². The highest BCUT2D eigenvalue weighted by Crippen LogP contribution is 2.23. The first-order chi connectivity index (χ1) is 7.81. The first-order valence-electron chi connectivity index (χ1n) is 5.29. The van der Waals surface area contributed by atoms with Crippen LogP contribution in [0.3, 0.4) is 0 Å². The lowest BCUT2D eigenvalue weighted by atomic mass is 10.2. The van der Waals surface area contributed by atoms with Crippen molar-refractivity contribution < 1.29 is 0 Å². The number of benzene rings is 1. The number of anilines is 1. The molecule has 3 nitrogen and oxygen atoms in total. The van der Waals surface area contributed by atoms with E-state index in [4.69, 9.17) is 5.73 Å². The summed E-state index contributed by atoms with van der Waals surface area (Å²) in [5, 5.41) is 4.48. The second kappa shape index (κ2) is 5.27. The molecule has 0 spiro atoms. The van der Waals surface area contributed by atoms with E-state index < -0.39 is 0 Å². The lowest BCUT2D eigenvalue weighted by Gasteiger charge is -2.08. The minimum Gasteiger partial charge on any atom is -0.383 e. The summed E-state index contributed by atoms with van der Waals surface area (Å²) in [5.74, 6) is 0. The zero-order valence-corrected chi connectivity index (χ0v) is 10.5. The molecule has 3 N–H and O–H groups in total. The van der Waals surface area contributed by atoms with Gasteiger partial charge in [-0.15, -0.1) is 0 Å². The highest BCUT2D eigenvalue weighted by atomic mass is 79.9. The normalized spacial score (nSPS) is 10.6. The Bertz CT molecular complexity index is 485. The molecule has 0 aliphatic carbocycles. The average molecular weight is 280 g/mol. The molecule has 4 heteroatoms. The topological polar surface area (TPSA) is 50.9 Å². The first-order valence-corrected chi connectivity index (χ1v) is 6.09. The number of hydrogen-bond donors (Lipinski definition) is 2. The van der Waals surface area contributed by atoms with E-state index in [-0.39, 0.29) is 0 Å². The molecule has 2 rings (SSSR count). The second-order valence-corrected chi connectivity index (χ2v) is 4.52. The molecule has 0 aliphatic heterocycles. The predicted octanol–water partition coefficient (Wildman–Crippen LogP) is 2.76. The van der Waals surface area contributed by atoms with E-state index in [2.05, 4.69) is 38.4 Å². The number of para-hydroxylation sites is 1. The van der Waals surface area contributed by atoms with Gasteiger partial charge in [0.2, 0.25) is 0 Å². The van der Waals surface area contributed by atoms with Crippen LogP contribution in [-0.4, -0.2) is 18.1 Å². The van der Waals surface area contributed by atoms with Gasteiger partial charge in [-0.05, 0) is 41.0 Å². The zero-order valence-electron chi connectivity index (χ0n) is 8.91. The molecule has 0 amide bonds. The minimum atomic E-state index is 0.705. The fourth-order valence-electron chi connectivity index (χ4n) is 1.60. The summed E-state index contributed by atoms with van der Waals surface area (Å²) in [6.07, 6.45) is 2.78. The molecular weight excluding hydrogens is 266 g/mol. The number of pyridine rings is 1. The van der Waals surface area contributed by atoms with E-state index in [1.165, 1.54) is 0 Å². The number of hydrogen-bond acceptors (Lipinski definition) is 3. The quantitative estimate of drug-likeness (QED) is 0.847. The molecule has 0 bridgehead atoms. The Morgan fingerprint density at radius 2 is 2.25 bits per heavy atom. The van der Waals surface area contributed by atoms with Crippen LogP contribution < -0.4 is 11.1 Å². The lowest BCUT2D eigenvalue weighted by Crippen LogP contribution is -2.08. The third-order valence-corrected chi connectivity index (χ3v) is 2.81. The van der Waals surface area contributed by atoms with Crippen molar-refractivity contribution in [2.75, 3.05) is 18.4 Å². The van der Waals surface area contributed by atoms with E-state index >= 15 is 0 Å². The van der Waals surface area contributed by atoms with Gasteiger partial charge >= 0.3 is 0 Å². The van der Waals surface area contributed by atoms with Crippen LogP contribution in [0.5, 0.6) is 0 Å². The summed E-state index contributed by atoms with van der Waals surface area (Å²) in [6, 6.07) is 8.19. The van der Waals surface area contributed by atoms with Gasteiger partial charge in [0.25, 0.3) is 0 Å². The Balaban J connectivity index is 2.30. The van der Waals surface area contributed by atoms with Gasteiger partial charge < -0.3 is 11.1 Å². The van der Waals surface area contributed by atoms with E-state index in [9.17, 15) is 0 Å². The summed E-state index contributed by atoms with van der Waals surface area (Å²) in [4.78, 5) is 4.42. The molecule has 0 saturated carbocycles. The molecule has 0 radical (unpaired) electrons. The molecule has 0 atom stereocenters. The van der Waals surface area contributed by atoms with Crippen molar-refractivity contribution in [2.24, 2.45) is 5.73 Å². The number of nitrogens with zero attached hydrogens (tertiary/aromatic N) is 1. The molecule has 84 valence electrons. The van der Waals surface area contributed by atoms with Crippen molar-refractivity contribution in [3.8, 4) is 0 Å².